The van der Waals surface area contributed by atoms with E-state index in [-0.39, 0.29) is 17.7 Å². The number of aromatic amines is 1. The zero-order valence-electron chi connectivity index (χ0n) is 14.0. The summed E-state index contributed by atoms with van der Waals surface area (Å²) in [5.41, 5.74) is 2.48. The third kappa shape index (κ3) is 3.23. The van der Waals surface area contributed by atoms with E-state index in [1.165, 1.54) is 0 Å². The molecule has 1 fully saturated rings. The van der Waals surface area contributed by atoms with Gasteiger partial charge in [0.1, 0.15) is 0 Å². The minimum atomic E-state index is -0.545. The van der Waals surface area contributed by atoms with Crippen LogP contribution in [0.1, 0.15) is 23.7 Å². The molecule has 2 aromatic carbocycles. The number of nitrogens with one attached hydrogen (secondary N) is 3. The molecular formula is C19H17N3O4. The number of anilines is 2. The molecule has 1 heterocycles. The maximum absolute atomic E-state index is 12.5. The van der Waals surface area contributed by atoms with Crippen LogP contribution in [-0.4, -0.2) is 16.8 Å². The average molecular weight is 351 g/mol. The van der Waals surface area contributed by atoms with Crippen molar-refractivity contribution in [3.63, 3.8) is 0 Å². The third-order valence-electron chi connectivity index (χ3n) is 4.52. The molecular weight excluding hydrogens is 334 g/mol. The smallest absolute Gasteiger partial charge is 0.408 e. The maximum Gasteiger partial charge on any atom is 0.417 e. The number of rotatable bonds is 4. The van der Waals surface area contributed by atoms with Crippen LogP contribution in [0, 0.1) is 11.8 Å². The Labute approximate surface area is 148 Å². The molecule has 4 rings (SSSR count). The van der Waals surface area contributed by atoms with E-state index < -0.39 is 5.76 Å². The second-order valence-electron chi connectivity index (χ2n) is 6.57. The summed E-state index contributed by atoms with van der Waals surface area (Å²) in [6.45, 7) is 2.04. The van der Waals surface area contributed by atoms with E-state index in [1.54, 1.807) is 42.5 Å². The lowest BCUT2D eigenvalue weighted by molar-refractivity contribution is -0.117. The van der Waals surface area contributed by atoms with Crippen LogP contribution in [0.4, 0.5) is 11.4 Å². The topological polar surface area (TPSA) is 104 Å². The normalized spacial score (nSPS) is 18.5. The fourth-order valence-corrected chi connectivity index (χ4v) is 2.89. The van der Waals surface area contributed by atoms with Gasteiger partial charge in [-0.2, -0.15) is 0 Å². The summed E-state index contributed by atoms with van der Waals surface area (Å²) in [5, 5.41) is 5.62. The van der Waals surface area contributed by atoms with Crippen molar-refractivity contribution in [2.24, 2.45) is 11.8 Å². The van der Waals surface area contributed by atoms with Gasteiger partial charge in [0, 0.05) is 22.9 Å². The van der Waals surface area contributed by atoms with Gasteiger partial charge in [0.25, 0.3) is 5.91 Å². The van der Waals surface area contributed by atoms with Crippen molar-refractivity contribution in [1.29, 1.82) is 0 Å². The summed E-state index contributed by atoms with van der Waals surface area (Å²) in [6, 6.07) is 11.7. The van der Waals surface area contributed by atoms with E-state index in [0.29, 0.717) is 34.0 Å². The SMILES string of the molecule is C[C@H]1C[C@@H]1C(=O)Nc1cccc(C(=O)Nc2ccc3oc(=O)[nH]c3c2)c1. The number of fused-ring (bicyclic) bond motifs is 1. The van der Waals surface area contributed by atoms with E-state index in [1.807, 2.05) is 6.92 Å². The summed E-state index contributed by atoms with van der Waals surface area (Å²) < 4.78 is 4.93. The molecule has 1 aromatic heterocycles. The highest BCUT2D eigenvalue weighted by Gasteiger charge is 2.39. The van der Waals surface area contributed by atoms with E-state index in [2.05, 4.69) is 15.6 Å². The molecule has 1 saturated carbocycles. The fourth-order valence-electron chi connectivity index (χ4n) is 2.89. The molecule has 132 valence electrons. The van der Waals surface area contributed by atoms with E-state index >= 15 is 0 Å². The number of hydrogen-bond donors (Lipinski definition) is 3. The molecule has 3 aromatic rings. The Morgan fingerprint density at radius 3 is 2.65 bits per heavy atom. The zero-order chi connectivity index (χ0) is 18.3. The molecule has 0 unspecified atom stereocenters. The van der Waals surface area contributed by atoms with Gasteiger partial charge in [0.05, 0.1) is 5.52 Å². The van der Waals surface area contributed by atoms with Crippen LogP contribution in [0.25, 0.3) is 11.1 Å². The number of hydrogen-bond acceptors (Lipinski definition) is 4. The third-order valence-corrected chi connectivity index (χ3v) is 4.52. The second-order valence-corrected chi connectivity index (χ2v) is 6.57. The molecule has 26 heavy (non-hydrogen) atoms. The Bertz CT molecular complexity index is 1070. The van der Waals surface area contributed by atoms with Crippen LogP contribution in [0.3, 0.4) is 0 Å². The largest absolute Gasteiger partial charge is 0.417 e. The molecule has 7 heteroatoms. The van der Waals surface area contributed by atoms with Gasteiger partial charge in [0.2, 0.25) is 5.91 Å². The van der Waals surface area contributed by atoms with Crippen molar-refractivity contribution >= 4 is 34.3 Å². The summed E-state index contributed by atoms with van der Waals surface area (Å²) in [7, 11) is 0. The molecule has 0 radical (unpaired) electrons. The lowest BCUT2D eigenvalue weighted by Crippen LogP contribution is -2.16. The Morgan fingerprint density at radius 1 is 1.12 bits per heavy atom. The van der Waals surface area contributed by atoms with E-state index in [0.717, 1.165) is 6.42 Å². The summed E-state index contributed by atoms with van der Waals surface area (Å²) in [6.07, 6.45) is 0.907. The van der Waals surface area contributed by atoms with Crippen molar-refractivity contribution in [3.05, 3.63) is 58.6 Å². The van der Waals surface area contributed by atoms with Gasteiger partial charge in [-0.05, 0) is 48.7 Å². The first-order valence-corrected chi connectivity index (χ1v) is 8.35. The minimum absolute atomic E-state index is 0.00979. The molecule has 7 nitrogen and oxygen atoms in total. The predicted molar refractivity (Wildman–Crippen MR) is 97.1 cm³/mol. The second kappa shape index (κ2) is 6.18. The molecule has 2 atom stereocenters. The van der Waals surface area contributed by atoms with Gasteiger partial charge in [-0.3, -0.25) is 14.6 Å². The number of H-pyrrole nitrogens is 1. The first-order valence-electron chi connectivity index (χ1n) is 8.35. The summed E-state index contributed by atoms with van der Waals surface area (Å²) in [5.74, 6) is -0.380. The Balaban J connectivity index is 1.49. The molecule has 1 aliphatic rings. The maximum atomic E-state index is 12.5. The molecule has 0 saturated heterocycles. The monoisotopic (exact) mass is 351 g/mol. The first kappa shape index (κ1) is 16.1. The van der Waals surface area contributed by atoms with Gasteiger partial charge >= 0.3 is 5.76 Å². The predicted octanol–water partition coefficient (Wildman–Crippen LogP) is 2.97. The van der Waals surface area contributed by atoms with E-state index in [4.69, 9.17) is 4.42 Å². The van der Waals surface area contributed by atoms with Crippen LogP contribution < -0.4 is 16.4 Å². The van der Waals surface area contributed by atoms with Crippen LogP contribution in [0.2, 0.25) is 0 Å². The Hall–Kier alpha value is -3.35. The van der Waals surface area contributed by atoms with Gasteiger partial charge in [0.15, 0.2) is 5.58 Å². The van der Waals surface area contributed by atoms with Gasteiger partial charge in [-0.25, -0.2) is 4.79 Å². The quantitative estimate of drug-likeness (QED) is 0.672. The number of benzene rings is 2. The number of carbonyl (C=O) groups excluding carboxylic acids is 2. The zero-order valence-corrected chi connectivity index (χ0v) is 14.0. The summed E-state index contributed by atoms with van der Waals surface area (Å²) in [4.78, 5) is 38.2. The fraction of sp³-hybridized carbons (Fsp3) is 0.211. The van der Waals surface area contributed by atoms with Crippen molar-refractivity contribution in [2.75, 3.05) is 10.6 Å². The molecule has 1 aliphatic carbocycles. The average Bonchev–Trinajstić information content (AvgIpc) is 3.22. The van der Waals surface area contributed by atoms with E-state index in [9.17, 15) is 14.4 Å². The minimum Gasteiger partial charge on any atom is -0.408 e. The van der Waals surface area contributed by atoms with Gasteiger partial charge in [-0.15, -0.1) is 0 Å². The number of oxazole rings is 1. The number of aromatic nitrogens is 1. The summed E-state index contributed by atoms with van der Waals surface area (Å²) >= 11 is 0. The lowest BCUT2D eigenvalue weighted by atomic mass is 10.1. The highest BCUT2D eigenvalue weighted by molar-refractivity contribution is 6.06. The Morgan fingerprint density at radius 2 is 1.88 bits per heavy atom. The standard InChI is InChI=1S/C19H17N3O4/c1-10-7-14(10)18(24)21-12-4-2-3-11(8-12)17(23)20-13-5-6-16-15(9-13)22-19(25)26-16/h2-6,8-10,14H,7H2,1H3,(H,20,23)(H,21,24)(H,22,25)/t10-,14-/m0/s1. The van der Waals surface area contributed by atoms with Crippen molar-refractivity contribution < 1.29 is 14.0 Å². The van der Waals surface area contributed by atoms with Crippen molar-refractivity contribution in [1.82, 2.24) is 4.98 Å². The van der Waals surface area contributed by atoms with Crippen LogP contribution in [0.15, 0.2) is 51.7 Å². The van der Waals surface area contributed by atoms with Crippen LogP contribution >= 0.6 is 0 Å². The lowest BCUT2D eigenvalue weighted by Gasteiger charge is -2.08. The number of amides is 2. The van der Waals surface area contributed by atoms with Crippen molar-refractivity contribution in [3.8, 4) is 0 Å². The highest BCUT2D eigenvalue weighted by Crippen LogP contribution is 2.38. The molecule has 3 N–H and O–H groups in total. The van der Waals surface area contributed by atoms with Gasteiger partial charge < -0.3 is 15.1 Å². The van der Waals surface area contributed by atoms with Crippen molar-refractivity contribution in [2.45, 2.75) is 13.3 Å². The van der Waals surface area contributed by atoms with Gasteiger partial charge in [-0.1, -0.05) is 13.0 Å². The van der Waals surface area contributed by atoms with Crippen LogP contribution in [0.5, 0.6) is 0 Å². The number of carbonyl (C=O) groups is 2. The molecule has 2 amide bonds. The molecule has 0 aliphatic heterocycles. The highest BCUT2D eigenvalue weighted by atomic mass is 16.4. The Kier molecular flexibility index (Phi) is 3.84. The molecule has 0 bridgehead atoms. The van der Waals surface area contributed by atoms with Crippen LogP contribution in [-0.2, 0) is 4.79 Å². The first-order chi connectivity index (χ1) is 12.5. The molecule has 0 spiro atoms.